The lowest BCUT2D eigenvalue weighted by Gasteiger charge is -2.13. The SMILES string of the molecule is CCc1cnn(CCc2ccccn2)c(=O)c1CC(=O)NCc1cc(Cl)ccc1CNC. The molecule has 0 aliphatic rings. The lowest BCUT2D eigenvalue weighted by atomic mass is 10.1. The molecule has 0 radical (unpaired) electrons. The van der Waals surface area contributed by atoms with Crippen LogP contribution in [0.15, 0.2) is 53.6 Å². The van der Waals surface area contributed by atoms with E-state index in [1.807, 2.05) is 50.4 Å². The third-order valence-corrected chi connectivity index (χ3v) is 5.50. The van der Waals surface area contributed by atoms with Crippen molar-refractivity contribution in [3.05, 3.63) is 92.1 Å². The van der Waals surface area contributed by atoms with E-state index in [9.17, 15) is 9.59 Å². The Morgan fingerprint density at radius 3 is 2.69 bits per heavy atom. The number of nitrogens with zero attached hydrogens (tertiary/aromatic N) is 3. The number of carbonyl (C=O) groups is 1. The zero-order valence-electron chi connectivity index (χ0n) is 18.4. The highest BCUT2D eigenvalue weighted by molar-refractivity contribution is 6.30. The maximum absolute atomic E-state index is 13.0. The first kappa shape index (κ1) is 23.6. The third kappa shape index (κ3) is 6.24. The number of nitrogens with one attached hydrogen (secondary N) is 2. The third-order valence-electron chi connectivity index (χ3n) is 5.27. The Kier molecular flexibility index (Phi) is 8.53. The number of carbonyl (C=O) groups excluding carboxylic acids is 1. The first-order chi connectivity index (χ1) is 15.5. The zero-order valence-corrected chi connectivity index (χ0v) is 19.2. The molecule has 0 aliphatic carbocycles. The van der Waals surface area contributed by atoms with Gasteiger partial charge >= 0.3 is 0 Å². The quantitative estimate of drug-likeness (QED) is 0.492. The van der Waals surface area contributed by atoms with Crippen LogP contribution in [0, 0.1) is 0 Å². The van der Waals surface area contributed by atoms with E-state index < -0.39 is 0 Å². The van der Waals surface area contributed by atoms with Crippen molar-refractivity contribution >= 4 is 17.5 Å². The maximum atomic E-state index is 13.0. The smallest absolute Gasteiger partial charge is 0.270 e. The van der Waals surface area contributed by atoms with Gasteiger partial charge in [-0.1, -0.05) is 30.7 Å². The molecule has 7 nitrogen and oxygen atoms in total. The van der Waals surface area contributed by atoms with Gasteiger partial charge < -0.3 is 10.6 Å². The fourth-order valence-corrected chi connectivity index (χ4v) is 3.72. The maximum Gasteiger partial charge on any atom is 0.270 e. The molecule has 2 heterocycles. The van der Waals surface area contributed by atoms with Crippen molar-refractivity contribution in [1.82, 2.24) is 25.4 Å². The lowest BCUT2D eigenvalue weighted by molar-refractivity contribution is -0.120. The van der Waals surface area contributed by atoms with Crippen LogP contribution in [0.4, 0.5) is 0 Å². The van der Waals surface area contributed by atoms with Crippen LogP contribution in [0.3, 0.4) is 0 Å². The average Bonchev–Trinajstić information content (AvgIpc) is 2.80. The fourth-order valence-electron chi connectivity index (χ4n) is 3.52. The van der Waals surface area contributed by atoms with Gasteiger partial charge in [-0.3, -0.25) is 14.6 Å². The van der Waals surface area contributed by atoms with Gasteiger partial charge in [0, 0.05) is 42.0 Å². The standard InChI is InChI=1S/C24H28ClN5O2/c1-3-17-16-29-30(11-9-21-6-4-5-10-27-21)24(32)22(17)13-23(31)28-15-19-12-20(25)8-7-18(19)14-26-2/h4-8,10,12,16,26H,3,9,11,13-15H2,1-2H3,(H,28,31). The molecule has 2 N–H and O–H groups in total. The molecule has 0 unspecified atom stereocenters. The van der Waals surface area contributed by atoms with E-state index in [4.69, 9.17) is 11.6 Å². The number of halogens is 1. The molecular formula is C24H28ClN5O2. The molecule has 8 heteroatoms. The van der Waals surface area contributed by atoms with E-state index in [0.717, 1.165) is 22.4 Å². The molecule has 0 bridgehead atoms. The summed E-state index contributed by atoms with van der Waals surface area (Å²) in [5, 5.41) is 10.9. The number of aryl methyl sites for hydroxylation is 3. The summed E-state index contributed by atoms with van der Waals surface area (Å²) in [7, 11) is 1.87. The lowest BCUT2D eigenvalue weighted by Crippen LogP contribution is -2.33. The molecule has 168 valence electrons. The molecular weight excluding hydrogens is 426 g/mol. The highest BCUT2D eigenvalue weighted by atomic mass is 35.5. The number of rotatable bonds is 10. The summed E-state index contributed by atoms with van der Waals surface area (Å²) in [6.07, 6.45) is 4.64. The number of benzene rings is 1. The Morgan fingerprint density at radius 2 is 1.97 bits per heavy atom. The second-order valence-corrected chi connectivity index (χ2v) is 7.93. The highest BCUT2D eigenvalue weighted by Crippen LogP contribution is 2.16. The largest absolute Gasteiger partial charge is 0.352 e. The van der Waals surface area contributed by atoms with Crippen LogP contribution in [0.2, 0.25) is 5.02 Å². The number of pyridine rings is 1. The molecule has 0 aliphatic heterocycles. The summed E-state index contributed by atoms with van der Waals surface area (Å²) in [6, 6.07) is 11.3. The van der Waals surface area contributed by atoms with Crippen molar-refractivity contribution in [3.8, 4) is 0 Å². The van der Waals surface area contributed by atoms with E-state index >= 15 is 0 Å². The minimum absolute atomic E-state index is 0.00996. The van der Waals surface area contributed by atoms with Crippen LogP contribution in [0.25, 0.3) is 0 Å². The first-order valence-electron chi connectivity index (χ1n) is 10.7. The van der Waals surface area contributed by atoms with Crippen molar-refractivity contribution in [3.63, 3.8) is 0 Å². The van der Waals surface area contributed by atoms with Gasteiger partial charge in [-0.25, -0.2) is 4.68 Å². The second kappa shape index (κ2) is 11.5. The fraction of sp³-hybridized carbons (Fsp3) is 0.333. The molecule has 2 aromatic heterocycles. The zero-order chi connectivity index (χ0) is 22.9. The van der Waals surface area contributed by atoms with Gasteiger partial charge in [-0.05, 0) is 54.4 Å². The molecule has 1 amide bonds. The molecule has 3 aromatic rings. The predicted molar refractivity (Wildman–Crippen MR) is 126 cm³/mol. The van der Waals surface area contributed by atoms with Crippen LogP contribution in [0.5, 0.6) is 0 Å². The van der Waals surface area contributed by atoms with Crippen molar-refractivity contribution < 1.29 is 4.79 Å². The molecule has 1 aromatic carbocycles. The van der Waals surface area contributed by atoms with Crippen molar-refractivity contribution in [2.24, 2.45) is 0 Å². The highest BCUT2D eigenvalue weighted by Gasteiger charge is 2.15. The van der Waals surface area contributed by atoms with E-state index in [2.05, 4.69) is 20.7 Å². The van der Waals surface area contributed by atoms with Gasteiger partial charge in [0.05, 0.1) is 19.2 Å². The van der Waals surface area contributed by atoms with Crippen LogP contribution in [0.1, 0.15) is 34.9 Å². The molecule has 0 spiro atoms. The molecule has 0 saturated heterocycles. The monoisotopic (exact) mass is 453 g/mol. The normalized spacial score (nSPS) is 10.8. The Balaban J connectivity index is 1.71. The minimum Gasteiger partial charge on any atom is -0.352 e. The van der Waals surface area contributed by atoms with Crippen LogP contribution < -0.4 is 16.2 Å². The number of aromatic nitrogens is 3. The van der Waals surface area contributed by atoms with E-state index in [0.29, 0.717) is 43.1 Å². The molecule has 0 atom stereocenters. The Bertz CT molecular complexity index is 1120. The Hall–Kier alpha value is -3.03. The van der Waals surface area contributed by atoms with Crippen molar-refractivity contribution in [2.75, 3.05) is 7.05 Å². The first-order valence-corrected chi connectivity index (χ1v) is 11.1. The predicted octanol–water partition coefficient (Wildman–Crippen LogP) is 2.68. The molecule has 3 rings (SSSR count). The number of hydrogen-bond donors (Lipinski definition) is 2. The topological polar surface area (TPSA) is 88.9 Å². The number of amides is 1. The molecule has 32 heavy (non-hydrogen) atoms. The van der Waals surface area contributed by atoms with Gasteiger partial charge in [-0.15, -0.1) is 0 Å². The van der Waals surface area contributed by atoms with Crippen LogP contribution >= 0.6 is 11.6 Å². The van der Waals surface area contributed by atoms with E-state index in [1.54, 1.807) is 12.4 Å². The van der Waals surface area contributed by atoms with Gasteiger partial charge in [-0.2, -0.15) is 5.10 Å². The summed E-state index contributed by atoms with van der Waals surface area (Å²) in [5.41, 5.74) is 3.94. The van der Waals surface area contributed by atoms with E-state index in [-0.39, 0.29) is 17.9 Å². The van der Waals surface area contributed by atoms with Crippen LogP contribution in [-0.2, 0) is 43.7 Å². The summed E-state index contributed by atoms with van der Waals surface area (Å²) < 4.78 is 1.42. The molecule has 0 fully saturated rings. The summed E-state index contributed by atoms with van der Waals surface area (Å²) in [4.78, 5) is 30.0. The van der Waals surface area contributed by atoms with Crippen LogP contribution in [-0.4, -0.2) is 27.7 Å². The van der Waals surface area contributed by atoms with Crippen molar-refractivity contribution in [1.29, 1.82) is 0 Å². The minimum atomic E-state index is -0.228. The summed E-state index contributed by atoms with van der Waals surface area (Å²) in [5.74, 6) is -0.213. The average molecular weight is 454 g/mol. The Labute approximate surface area is 192 Å². The van der Waals surface area contributed by atoms with Gasteiger partial charge in [0.1, 0.15) is 0 Å². The van der Waals surface area contributed by atoms with Gasteiger partial charge in [0.2, 0.25) is 5.91 Å². The van der Waals surface area contributed by atoms with Gasteiger partial charge in [0.15, 0.2) is 0 Å². The number of hydrogen-bond acceptors (Lipinski definition) is 5. The second-order valence-electron chi connectivity index (χ2n) is 7.50. The van der Waals surface area contributed by atoms with Gasteiger partial charge in [0.25, 0.3) is 5.56 Å². The Morgan fingerprint density at radius 1 is 1.12 bits per heavy atom. The van der Waals surface area contributed by atoms with E-state index in [1.165, 1.54) is 4.68 Å². The summed E-state index contributed by atoms with van der Waals surface area (Å²) >= 11 is 6.13. The summed E-state index contributed by atoms with van der Waals surface area (Å²) in [6.45, 7) is 3.38. The molecule has 0 saturated carbocycles. The van der Waals surface area contributed by atoms with Crippen molar-refractivity contribution in [2.45, 2.75) is 45.8 Å².